The summed E-state index contributed by atoms with van der Waals surface area (Å²) in [7, 11) is 0. The van der Waals surface area contributed by atoms with E-state index in [0.717, 1.165) is 32.1 Å². The van der Waals surface area contributed by atoms with Crippen LogP contribution in [0.5, 0.6) is 0 Å². The summed E-state index contributed by atoms with van der Waals surface area (Å²) in [6, 6.07) is 2.18. The van der Waals surface area contributed by atoms with Crippen molar-refractivity contribution in [2.45, 2.75) is 64.4 Å². The summed E-state index contributed by atoms with van der Waals surface area (Å²) in [5.74, 6) is 0. The Kier molecular flexibility index (Phi) is 3.94. The molecule has 1 fully saturated rings. The van der Waals surface area contributed by atoms with Crippen LogP contribution in [0.1, 0.15) is 57.9 Å². The van der Waals surface area contributed by atoms with Gasteiger partial charge in [0.25, 0.3) is 0 Å². The predicted octanol–water partition coefficient (Wildman–Crippen LogP) is 4.40. The van der Waals surface area contributed by atoms with E-state index in [2.05, 4.69) is 30.7 Å². The number of aliphatic hydroxyl groups is 1. The lowest BCUT2D eigenvalue weighted by Gasteiger charge is -2.27. The Morgan fingerprint density at radius 1 is 1.24 bits per heavy atom. The van der Waals surface area contributed by atoms with E-state index < -0.39 is 5.60 Å². The quantitative estimate of drug-likeness (QED) is 0.790. The smallest absolute Gasteiger partial charge is 0.0651 e. The van der Waals surface area contributed by atoms with Crippen molar-refractivity contribution in [2.75, 3.05) is 0 Å². The second-order valence-electron chi connectivity index (χ2n) is 6.37. The molecule has 0 spiro atoms. The van der Waals surface area contributed by atoms with Crippen molar-refractivity contribution in [2.24, 2.45) is 5.41 Å². The third-order valence-electron chi connectivity index (χ3n) is 4.22. The molecule has 1 saturated carbocycles. The minimum atomic E-state index is -0.407. The number of hydrogen-bond donors (Lipinski definition) is 1. The first-order chi connectivity index (χ1) is 7.99. The Morgan fingerprint density at radius 3 is 2.76 bits per heavy atom. The molecule has 0 aliphatic heterocycles. The van der Waals surface area contributed by atoms with Crippen LogP contribution in [0.3, 0.4) is 0 Å². The van der Waals surface area contributed by atoms with Gasteiger partial charge in [0.2, 0.25) is 0 Å². The van der Waals surface area contributed by atoms with Gasteiger partial charge in [-0.05, 0) is 66.3 Å². The Balaban J connectivity index is 1.90. The van der Waals surface area contributed by atoms with Crippen molar-refractivity contribution in [1.82, 2.24) is 0 Å². The summed E-state index contributed by atoms with van der Waals surface area (Å²) in [4.78, 5) is 0. The van der Waals surface area contributed by atoms with Crippen molar-refractivity contribution >= 4 is 11.3 Å². The van der Waals surface area contributed by atoms with Gasteiger partial charge in [-0.1, -0.05) is 20.3 Å². The van der Waals surface area contributed by atoms with Gasteiger partial charge >= 0.3 is 0 Å². The van der Waals surface area contributed by atoms with Gasteiger partial charge in [0, 0.05) is 0 Å². The zero-order valence-electron chi connectivity index (χ0n) is 11.0. The highest BCUT2D eigenvalue weighted by Crippen LogP contribution is 2.39. The maximum absolute atomic E-state index is 10.7. The molecule has 96 valence electrons. The lowest BCUT2D eigenvalue weighted by atomic mass is 9.83. The molecule has 1 aliphatic carbocycles. The highest BCUT2D eigenvalue weighted by atomic mass is 32.1. The lowest BCUT2D eigenvalue weighted by molar-refractivity contribution is 0.0142. The minimum absolute atomic E-state index is 0.407. The molecule has 2 rings (SSSR count). The van der Waals surface area contributed by atoms with Crippen LogP contribution in [0.25, 0.3) is 0 Å². The SMILES string of the molecule is CC1(C)CCCC(O)(CCc2ccsc2)CC1. The third kappa shape index (κ3) is 3.82. The molecule has 1 nitrogen and oxygen atoms in total. The molecule has 1 unspecified atom stereocenters. The van der Waals surface area contributed by atoms with Crippen LogP contribution in [0.4, 0.5) is 0 Å². The van der Waals surface area contributed by atoms with E-state index in [1.807, 2.05) is 0 Å². The standard InChI is InChI=1S/C15H24OS/c1-14(2)6-3-7-15(16,10-9-14)8-4-13-5-11-17-12-13/h5,11-12,16H,3-4,6-10H2,1-2H3. The number of aryl methyl sites for hydroxylation is 1. The highest BCUT2D eigenvalue weighted by Gasteiger charge is 2.33. The van der Waals surface area contributed by atoms with Crippen LogP contribution >= 0.6 is 11.3 Å². The molecule has 0 saturated heterocycles. The minimum Gasteiger partial charge on any atom is -0.390 e. The van der Waals surface area contributed by atoms with Crippen LogP contribution in [-0.4, -0.2) is 10.7 Å². The van der Waals surface area contributed by atoms with Crippen LogP contribution in [0.15, 0.2) is 16.8 Å². The summed E-state index contributed by atoms with van der Waals surface area (Å²) in [5.41, 5.74) is 1.40. The van der Waals surface area contributed by atoms with Crippen molar-refractivity contribution in [1.29, 1.82) is 0 Å². The van der Waals surface area contributed by atoms with Crippen molar-refractivity contribution in [3.8, 4) is 0 Å². The Hall–Kier alpha value is -0.340. The fourth-order valence-electron chi connectivity index (χ4n) is 2.78. The first-order valence-corrected chi connectivity index (χ1v) is 7.67. The van der Waals surface area contributed by atoms with Crippen LogP contribution in [0, 0.1) is 5.41 Å². The summed E-state index contributed by atoms with van der Waals surface area (Å²) >= 11 is 1.75. The molecule has 1 heterocycles. The summed E-state index contributed by atoms with van der Waals surface area (Å²) < 4.78 is 0. The van der Waals surface area contributed by atoms with Gasteiger partial charge in [-0.15, -0.1) is 0 Å². The molecule has 1 aromatic rings. The summed E-state index contributed by atoms with van der Waals surface area (Å²) in [5, 5.41) is 15.0. The Bertz CT molecular complexity index is 342. The number of rotatable bonds is 3. The maximum Gasteiger partial charge on any atom is 0.0651 e. The van der Waals surface area contributed by atoms with Gasteiger partial charge in [-0.25, -0.2) is 0 Å². The monoisotopic (exact) mass is 252 g/mol. The van der Waals surface area contributed by atoms with E-state index in [1.165, 1.54) is 18.4 Å². The van der Waals surface area contributed by atoms with E-state index in [9.17, 15) is 5.11 Å². The van der Waals surface area contributed by atoms with Gasteiger partial charge in [0.1, 0.15) is 0 Å². The first kappa shape index (κ1) is 13.1. The van der Waals surface area contributed by atoms with Crippen molar-refractivity contribution in [3.05, 3.63) is 22.4 Å². The molecule has 1 aliphatic rings. The van der Waals surface area contributed by atoms with E-state index in [-0.39, 0.29) is 0 Å². The van der Waals surface area contributed by atoms with E-state index in [4.69, 9.17) is 0 Å². The van der Waals surface area contributed by atoms with Crippen LogP contribution < -0.4 is 0 Å². The fraction of sp³-hybridized carbons (Fsp3) is 0.733. The topological polar surface area (TPSA) is 20.2 Å². The zero-order chi connectivity index (χ0) is 12.4. The molecule has 0 amide bonds. The highest BCUT2D eigenvalue weighted by molar-refractivity contribution is 7.07. The first-order valence-electron chi connectivity index (χ1n) is 6.73. The second-order valence-corrected chi connectivity index (χ2v) is 7.15. The molecule has 0 bridgehead atoms. The fourth-order valence-corrected chi connectivity index (χ4v) is 3.48. The molecular formula is C15H24OS. The van der Waals surface area contributed by atoms with Gasteiger partial charge < -0.3 is 5.11 Å². The Labute approximate surface area is 109 Å². The summed E-state index contributed by atoms with van der Waals surface area (Å²) in [6.45, 7) is 4.66. The third-order valence-corrected chi connectivity index (χ3v) is 4.95. The average molecular weight is 252 g/mol. The predicted molar refractivity (Wildman–Crippen MR) is 74.5 cm³/mol. The molecule has 17 heavy (non-hydrogen) atoms. The van der Waals surface area contributed by atoms with Crippen LogP contribution in [-0.2, 0) is 6.42 Å². The van der Waals surface area contributed by atoms with Crippen LogP contribution in [0.2, 0.25) is 0 Å². The number of thiophene rings is 1. The molecule has 2 heteroatoms. The largest absolute Gasteiger partial charge is 0.390 e. The average Bonchev–Trinajstić information content (AvgIpc) is 2.72. The molecule has 0 aromatic carbocycles. The van der Waals surface area contributed by atoms with E-state index >= 15 is 0 Å². The second kappa shape index (κ2) is 5.11. The lowest BCUT2D eigenvalue weighted by Crippen LogP contribution is -2.28. The van der Waals surface area contributed by atoms with Crippen molar-refractivity contribution < 1.29 is 5.11 Å². The van der Waals surface area contributed by atoms with Gasteiger partial charge in [-0.3, -0.25) is 0 Å². The van der Waals surface area contributed by atoms with Gasteiger partial charge in [0.05, 0.1) is 5.60 Å². The van der Waals surface area contributed by atoms with E-state index in [1.54, 1.807) is 11.3 Å². The van der Waals surface area contributed by atoms with Gasteiger partial charge in [-0.2, -0.15) is 11.3 Å². The molecular weight excluding hydrogens is 228 g/mol. The molecule has 1 N–H and O–H groups in total. The maximum atomic E-state index is 10.7. The van der Waals surface area contributed by atoms with Crippen molar-refractivity contribution in [3.63, 3.8) is 0 Å². The molecule has 1 aromatic heterocycles. The van der Waals surface area contributed by atoms with Gasteiger partial charge in [0.15, 0.2) is 0 Å². The summed E-state index contributed by atoms with van der Waals surface area (Å²) in [6.07, 6.45) is 7.51. The molecule has 1 atom stereocenters. The Morgan fingerprint density at radius 2 is 2.06 bits per heavy atom. The number of hydrogen-bond acceptors (Lipinski definition) is 2. The normalized spacial score (nSPS) is 28.9. The zero-order valence-corrected chi connectivity index (χ0v) is 11.9. The molecule has 0 radical (unpaired) electrons. The van der Waals surface area contributed by atoms with E-state index in [0.29, 0.717) is 5.41 Å².